The van der Waals surface area contributed by atoms with Gasteiger partial charge in [0.1, 0.15) is 12.4 Å². The second-order valence-electron chi connectivity index (χ2n) is 5.48. The molecule has 0 spiro atoms. The van der Waals surface area contributed by atoms with Gasteiger partial charge < -0.3 is 15.4 Å². The lowest BCUT2D eigenvalue weighted by atomic mass is 10.1. The van der Waals surface area contributed by atoms with E-state index in [2.05, 4.69) is 9.97 Å². The third-order valence-corrected chi connectivity index (χ3v) is 3.72. The number of amides is 2. The van der Waals surface area contributed by atoms with Gasteiger partial charge in [-0.15, -0.1) is 0 Å². The standard InChI is InChI=1S/C15H22N4O3/c1-10-17-11(5-6-14(16)20)8-12(18-10)13-4-3-7-19(13)15(21)9-22-2/h8,13H,3-7,9H2,1-2H3,(H2,16,20). The molecule has 22 heavy (non-hydrogen) atoms. The molecular formula is C15H22N4O3. The van der Waals surface area contributed by atoms with Gasteiger partial charge in [0, 0.05) is 25.8 Å². The lowest BCUT2D eigenvalue weighted by molar-refractivity contribution is -0.136. The Kier molecular flexibility index (Phi) is 5.43. The summed E-state index contributed by atoms with van der Waals surface area (Å²) in [6, 6.07) is 1.83. The van der Waals surface area contributed by atoms with Gasteiger partial charge in [-0.25, -0.2) is 9.97 Å². The molecule has 1 aliphatic heterocycles. The van der Waals surface area contributed by atoms with E-state index in [0.29, 0.717) is 18.8 Å². The van der Waals surface area contributed by atoms with E-state index in [-0.39, 0.29) is 30.9 Å². The van der Waals surface area contributed by atoms with Crippen molar-refractivity contribution in [1.29, 1.82) is 0 Å². The van der Waals surface area contributed by atoms with Crippen molar-refractivity contribution < 1.29 is 14.3 Å². The van der Waals surface area contributed by atoms with Crippen molar-refractivity contribution in [2.45, 2.75) is 38.6 Å². The van der Waals surface area contributed by atoms with Crippen LogP contribution < -0.4 is 5.73 Å². The molecule has 0 saturated carbocycles. The molecule has 0 radical (unpaired) electrons. The highest BCUT2D eigenvalue weighted by atomic mass is 16.5. The number of hydrogen-bond donors (Lipinski definition) is 1. The van der Waals surface area contributed by atoms with Crippen molar-refractivity contribution in [2.75, 3.05) is 20.3 Å². The van der Waals surface area contributed by atoms with E-state index in [0.717, 1.165) is 24.2 Å². The number of carbonyl (C=O) groups is 2. The van der Waals surface area contributed by atoms with Gasteiger partial charge in [0.05, 0.1) is 11.7 Å². The number of ether oxygens (including phenoxy) is 1. The third-order valence-electron chi connectivity index (χ3n) is 3.72. The van der Waals surface area contributed by atoms with Crippen LogP contribution in [0.2, 0.25) is 0 Å². The van der Waals surface area contributed by atoms with E-state index in [4.69, 9.17) is 10.5 Å². The van der Waals surface area contributed by atoms with E-state index in [1.54, 1.807) is 0 Å². The van der Waals surface area contributed by atoms with E-state index in [9.17, 15) is 9.59 Å². The first-order valence-corrected chi connectivity index (χ1v) is 7.42. The predicted octanol–water partition coefficient (Wildman–Crippen LogP) is 0.513. The SMILES string of the molecule is COCC(=O)N1CCCC1c1cc(CCC(N)=O)nc(C)n1. The van der Waals surface area contributed by atoms with Gasteiger partial charge in [0.2, 0.25) is 11.8 Å². The van der Waals surface area contributed by atoms with Gasteiger partial charge in [0.25, 0.3) is 0 Å². The number of nitrogens with zero attached hydrogens (tertiary/aromatic N) is 3. The lowest BCUT2D eigenvalue weighted by Gasteiger charge is -2.24. The molecule has 1 saturated heterocycles. The van der Waals surface area contributed by atoms with Crippen LogP contribution in [0.15, 0.2) is 6.07 Å². The molecule has 2 N–H and O–H groups in total. The molecule has 0 aliphatic carbocycles. The fraction of sp³-hybridized carbons (Fsp3) is 0.600. The summed E-state index contributed by atoms with van der Waals surface area (Å²) in [6.07, 6.45) is 2.57. The van der Waals surface area contributed by atoms with Crippen LogP contribution in [-0.2, 0) is 20.7 Å². The molecule has 0 bridgehead atoms. The molecular weight excluding hydrogens is 284 g/mol. The van der Waals surface area contributed by atoms with Crippen LogP contribution in [0, 0.1) is 6.92 Å². The Hall–Kier alpha value is -2.02. The van der Waals surface area contributed by atoms with Crippen LogP contribution >= 0.6 is 0 Å². The molecule has 0 aromatic carbocycles. The van der Waals surface area contributed by atoms with Gasteiger partial charge in [-0.3, -0.25) is 9.59 Å². The largest absolute Gasteiger partial charge is 0.375 e. The number of aromatic nitrogens is 2. The minimum Gasteiger partial charge on any atom is -0.375 e. The maximum Gasteiger partial charge on any atom is 0.249 e. The first-order valence-electron chi connectivity index (χ1n) is 7.42. The molecule has 1 unspecified atom stereocenters. The van der Waals surface area contributed by atoms with Gasteiger partial charge >= 0.3 is 0 Å². The quantitative estimate of drug-likeness (QED) is 0.826. The summed E-state index contributed by atoms with van der Waals surface area (Å²) >= 11 is 0. The molecule has 1 aromatic rings. The highest BCUT2D eigenvalue weighted by Gasteiger charge is 2.31. The number of likely N-dealkylation sites (tertiary alicyclic amines) is 1. The highest BCUT2D eigenvalue weighted by molar-refractivity contribution is 5.78. The summed E-state index contributed by atoms with van der Waals surface area (Å²) in [6.45, 7) is 2.61. The summed E-state index contributed by atoms with van der Waals surface area (Å²) in [4.78, 5) is 33.7. The van der Waals surface area contributed by atoms with Crippen molar-refractivity contribution in [3.63, 3.8) is 0 Å². The van der Waals surface area contributed by atoms with Crippen LogP contribution in [-0.4, -0.2) is 46.9 Å². The molecule has 2 amide bonds. The fourth-order valence-corrected chi connectivity index (χ4v) is 2.78. The molecule has 2 rings (SSSR count). The maximum atomic E-state index is 12.1. The van der Waals surface area contributed by atoms with Crippen LogP contribution in [0.3, 0.4) is 0 Å². The Morgan fingerprint density at radius 1 is 1.45 bits per heavy atom. The number of rotatable bonds is 6. The minimum atomic E-state index is -0.351. The van der Waals surface area contributed by atoms with Gasteiger partial charge in [-0.2, -0.15) is 0 Å². The van der Waals surface area contributed by atoms with Crippen molar-refractivity contribution in [2.24, 2.45) is 5.73 Å². The summed E-state index contributed by atoms with van der Waals surface area (Å²) in [5.74, 6) is 0.263. The molecule has 7 heteroatoms. The summed E-state index contributed by atoms with van der Waals surface area (Å²) in [5.41, 5.74) is 6.80. The van der Waals surface area contributed by atoms with Gasteiger partial charge in [-0.1, -0.05) is 0 Å². The van der Waals surface area contributed by atoms with E-state index < -0.39 is 0 Å². The Morgan fingerprint density at radius 2 is 2.23 bits per heavy atom. The summed E-state index contributed by atoms with van der Waals surface area (Å²) in [7, 11) is 1.51. The molecule has 1 fully saturated rings. The van der Waals surface area contributed by atoms with Gasteiger partial charge in [0.15, 0.2) is 0 Å². The molecule has 2 heterocycles. The smallest absolute Gasteiger partial charge is 0.249 e. The van der Waals surface area contributed by atoms with Crippen LogP contribution in [0.25, 0.3) is 0 Å². The average Bonchev–Trinajstić information content (AvgIpc) is 2.94. The minimum absolute atomic E-state index is 0.0278. The number of methoxy groups -OCH3 is 1. The molecule has 120 valence electrons. The summed E-state index contributed by atoms with van der Waals surface area (Å²) in [5, 5.41) is 0. The predicted molar refractivity (Wildman–Crippen MR) is 79.8 cm³/mol. The number of hydrogen-bond acceptors (Lipinski definition) is 5. The van der Waals surface area contributed by atoms with Crippen molar-refractivity contribution in [1.82, 2.24) is 14.9 Å². The molecule has 1 aliphatic rings. The lowest BCUT2D eigenvalue weighted by Crippen LogP contribution is -2.33. The molecule has 7 nitrogen and oxygen atoms in total. The van der Waals surface area contributed by atoms with Crippen LogP contribution in [0.4, 0.5) is 0 Å². The normalized spacial score (nSPS) is 17.7. The van der Waals surface area contributed by atoms with Crippen LogP contribution in [0.5, 0.6) is 0 Å². The van der Waals surface area contributed by atoms with Crippen LogP contribution in [0.1, 0.15) is 42.5 Å². The number of carbonyl (C=O) groups excluding carboxylic acids is 2. The highest BCUT2D eigenvalue weighted by Crippen LogP contribution is 2.31. The van der Waals surface area contributed by atoms with Crippen molar-refractivity contribution in [3.05, 3.63) is 23.3 Å². The second kappa shape index (κ2) is 7.31. The number of aryl methyl sites for hydroxylation is 2. The Morgan fingerprint density at radius 3 is 2.91 bits per heavy atom. The first-order chi connectivity index (χ1) is 10.5. The van der Waals surface area contributed by atoms with Crippen molar-refractivity contribution in [3.8, 4) is 0 Å². The van der Waals surface area contributed by atoms with Gasteiger partial charge in [-0.05, 0) is 32.3 Å². The zero-order chi connectivity index (χ0) is 16.1. The Balaban J connectivity index is 2.19. The Bertz CT molecular complexity index is 562. The Labute approximate surface area is 129 Å². The maximum absolute atomic E-state index is 12.1. The second-order valence-corrected chi connectivity index (χ2v) is 5.48. The monoisotopic (exact) mass is 306 g/mol. The van der Waals surface area contributed by atoms with E-state index in [1.807, 2.05) is 17.9 Å². The van der Waals surface area contributed by atoms with E-state index in [1.165, 1.54) is 7.11 Å². The van der Waals surface area contributed by atoms with E-state index >= 15 is 0 Å². The number of primary amides is 1. The zero-order valence-electron chi connectivity index (χ0n) is 13.0. The summed E-state index contributed by atoms with van der Waals surface area (Å²) < 4.78 is 4.94. The zero-order valence-corrected chi connectivity index (χ0v) is 13.0. The fourth-order valence-electron chi connectivity index (χ4n) is 2.78. The third kappa shape index (κ3) is 4.00. The molecule has 1 atom stereocenters. The average molecular weight is 306 g/mol. The number of nitrogens with two attached hydrogens (primary N) is 1. The topological polar surface area (TPSA) is 98.4 Å². The molecule has 1 aromatic heterocycles. The van der Waals surface area contributed by atoms with Crippen molar-refractivity contribution >= 4 is 11.8 Å². The first kappa shape index (κ1) is 16.4.